The van der Waals surface area contributed by atoms with Crippen LogP contribution in [0.4, 0.5) is 20.7 Å². The number of carbonyl (C=O) groups excluding carboxylic acids is 1. The van der Waals surface area contributed by atoms with E-state index < -0.39 is 23.2 Å². The minimum Gasteiger partial charge on any atom is -0.444 e. The van der Waals surface area contributed by atoms with Crippen LogP contribution in [0.2, 0.25) is 5.02 Å². The van der Waals surface area contributed by atoms with Crippen LogP contribution in [0.1, 0.15) is 53.0 Å². The highest BCUT2D eigenvalue weighted by Crippen LogP contribution is 2.39. The summed E-state index contributed by atoms with van der Waals surface area (Å²) in [5.74, 6) is -0.217. The van der Waals surface area contributed by atoms with Gasteiger partial charge < -0.3 is 14.5 Å². The van der Waals surface area contributed by atoms with Crippen LogP contribution in [-0.2, 0) is 4.74 Å². The molecule has 0 radical (unpaired) electrons. The highest BCUT2D eigenvalue weighted by molar-refractivity contribution is 6.34. The van der Waals surface area contributed by atoms with Gasteiger partial charge in [0, 0.05) is 31.2 Å². The molecular formula is C33H34ClFN6O3. The quantitative estimate of drug-likeness (QED) is 0.223. The summed E-state index contributed by atoms with van der Waals surface area (Å²) in [7, 11) is 0. The van der Waals surface area contributed by atoms with E-state index in [0.717, 1.165) is 5.56 Å². The standard InChI is InChI=1S/C33H34ClFN6O3/c1-19(2)21-11-8-9-14-26(21)41-30-22(17-23(34)28(37-30)27-24(35)12-10-13-25(27)36-7)29(38-31(41)42)40-16-15-39(18-20(40)3)32(43)44-33(4,5)6/h8-14,17,19-20H,15-16,18H2,1-6H3/t20-/m0/s1. The number of hydrogen-bond acceptors (Lipinski definition) is 6. The maximum atomic E-state index is 15.2. The molecule has 2 aromatic carbocycles. The van der Waals surface area contributed by atoms with Gasteiger partial charge in [-0.15, -0.1) is 0 Å². The molecule has 1 atom stereocenters. The number of rotatable bonds is 4. The summed E-state index contributed by atoms with van der Waals surface area (Å²) in [5.41, 5.74) is 0.598. The predicted octanol–water partition coefficient (Wildman–Crippen LogP) is 7.36. The Morgan fingerprint density at radius 1 is 1.14 bits per heavy atom. The molecule has 0 spiro atoms. The molecule has 0 aliphatic carbocycles. The summed E-state index contributed by atoms with van der Waals surface area (Å²) in [4.78, 5) is 43.2. The highest BCUT2D eigenvalue weighted by Gasteiger charge is 2.33. The zero-order chi connectivity index (χ0) is 31.9. The molecule has 1 fully saturated rings. The van der Waals surface area contributed by atoms with Crippen LogP contribution in [0.15, 0.2) is 53.3 Å². The molecular weight excluding hydrogens is 583 g/mol. The normalized spacial score (nSPS) is 15.5. The molecule has 0 bridgehead atoms. The third-order valence-electron chi connectivity index (χ3n) is 7.50. The molecule has 9 nitrogen and oxygen atoms in total. The van der Waals surface area contributed by atoms with Crippen molar-refractivity contribution in [1.29, 1.82) is 0 Å². The van der Waals surface area contributed by atoms with Gasteiger partial charge in [0.2, 0.25) is 0 Å². The van der Waals surface area contributed by atoms with Crippen molar-refractivity contribution in [3.8, 4) is 16.9 Å². The smallest absolute Gasteiger partial charge is 0.410 e. The fraction of sp³-hybridized carbons (Fsp3) is 0.364. The SMILES string of the molecule is [C-]#[N+]c1cccc(F)c1-c1nc2c(cc1Cl)c(N1CCN(C(=O)OC(C)(C)C)C[C@@H]1C)nc(=O)n2-c1ccccc1C(C)C. The number of ether oxygens (including phenoxy) is 1. The fourth-order valence-corrected chi connectivity index (χ4v) is 5.75. The number of carbonyl (C=O) groups is 1. The van der Waals surface area contributed by atoms with Gasteiger partial charge in [-0.1, -0.05) is 55.8 Å². The van der Waals surface area contributed by atoms with E-state index in [2.05, 4.69) is 9.83 Å². The van der Waals surface area contributed by atoms with Crippen LogP contribution in [-0.4, -0.2) is 56.8 Å². The van der Waals surface area contributed by atoms with Crippen molar-refractivity contribution in [2.45, 2.75) is 59.1 Å². The number of hydrogen-bond donors (Lipinski definition) is 0. The highest BCUT2D eigenvalue weighted by atomic mass is 35.5. The molecule has 2 aromatic heterocycles. The number of anilines is 1. The van der Waals surface area contributed by atoms with E-state index in [9.17, 15) is 9.59 Å². The number of fused-ring (bicyclic) bond motifs is 1. The zero-order valence-electron chi connectivity index (χ0n) is 25.6. The van der Waals surface area contributed by atoms with E-state index in [1.165, 1.54) is 22.8 Å². The number of aromatic nitrogens is 3. The Bertz CT molecular complexity index is 1860. The number of para-hydroxylation sites is 1. The van der Waals surface area contributed by atoms with Crippen molar-refractivity contribution in [2.75, 3.05) is 24.5 Å². The number of amides is 1. The second-order valence-corrected chi connectivity index (χ2v) is 12.6. The van der Waals surface area contributed by atoms with Crippen molar-refractivity contribution >= 4 is 40.2 Å². The van der Waals surface area contributed by atoms with Crippen LogP contribution in [0.3, 0.4) is 0 Å². The molecule has 1 saturated heterocycles. The van der Waals surface area contributed by atoms with Gasteiger partial charge in [-0.25, -0.2) is 28.4 Å². The Balaban J connectivity index is 1.73. The van der Waals surface area contributed by atoms with Crippen molar-refractivity contribution in [3.05, 3.63) is 86.8 Å². The van der Waals surface area contributed by atoms with E-state index in [4.69, 9.17) is 27.9 Å². The topological polar surface area (TPSA) is 84.9 Å². The predicted molar refractivity (Wildman–Crippen MR) is 171 cm³/mol. The van der Waals surface area contributed by atoms with Gasteiger partial charge in [0.15, 0.2) is 11.3 Å². The number of piperazine rings is 1. The molecule has 1 aliphatic heterocycles. The number of halogens is 2. The summed E-state index contributed by atoms with van der Waals surface area (Å²) in [5, 5.41) is 0.591. The molecule has 1 amide bonds. The summed E-state index contributed by atoms with van der Waals surface area (Å²) >= 11 is 6.80. The van der Waals surface area contributed by atoms with Crippen molar-refractivity contribution in [3.63, 3.8) is 0 Å². The second-order valence-electron chi connectivity index (χ2n) is 12.2. The van der Waals surface area contributed by atoms with E-state index in [0.29, 0.717) is 36.5 Å². The van der Waals surface area contributed by atoms with Gasteiger partial charge in [-0.3, -0.25) is 0 Å². The van der Waals surface area contributed by atoms with Gasteiger partial charge in [0.05, 0.1) is 28.4 Å². The molecule has 0 unspecified atom stereocenters. The van der Waals surface area contributed by atoms with Crippen LogP contribution < -0.4 is 10.6 Å². The Morgan fingerprint density at radius 3 is 2.52 bits per heavy atom. The lowest BCUT2D eigenvalue weighted by Gasteiger charge is -2.41. The summed E-state index contributed by atoms with van der Waals surface area (Å²) in [6.07, 6.45) is -0.405. The van der Waals surface area contributed by atoms with Crippen LogP contribution in [0, 0.1) is 12.4 Å². The number of nitrogens with zero attached hydrogens (tertiary/aromatic N) is 6. The first-order valence-corrected chi connectivity index (χ1v) is 14.8. The summed E-state index contributed by atoms with van der Waals surface area (Å²) in [6.45, 7) is 20.1. The van der Waals surface area contributed by atoms with Crippen LogP contribution in [0.5, 0.6) is 0 Å². The minimum absolute atomic E-state index is 0.0387. The second kappa shape index (κ2) is 11.9. The van der Waals surface area contributed by atoms with E-state index >= 15 is 4.39 Å². The van der Waals surface area contributed by atoms with Gasteiger partial charge in [0.25, 0.3) is 0 Å². The van der Waals surface area contributed by atoms with Gasteiger partial charge in [-0.2, -0.15) is 4.98 Å². The average molecular weight is 617 g/mol. The maximum absolute atomic E-state index is 15.2. The van der Waals surface area contributed by atoms with Crippen LogP contribution >= 0.6 is 11.6 Å². The van der Waals surface area contributed by atoms with Crippen molar-refractivity contribution in [1.82, 2.24) is 19.4 Å². The Kier molecular flexibility index (Phi) is 8.36. The molecule has 0 N–H and O–H groups in total. The average Bonchev–Trinajstić information content (AvgIpc) is 2.96. The fourth-order valence-electron chi connectivity index (χ4n) is 5.50. The van der Waals surface area contributed by atoms with Crippen molar-refractivity contribution < 1.29 is 13.9 Å². The molecule has 5 rings (SSSR count). The minimum atomic E-state index is -0.648. The molecule has 0 saturated carbocycles. The largest absolute Gasteiger partial charge is 0.444 e. The third-order valence-corrected chi connectivity index (χ3v) is 7.79. The lowest BCUT2D eigenvalue weighted by Crippen LogP contribution is -2.55. The Morgan fingerprint density at radius 2 is 1.86 bits per heavy atom. The van der Waals surface area contributed by atoms with Gasteiger partial charge >= 0.3 is 11.8 Å². The number of benzene rings is 2. The zero-order valence-corrected chi connectivity index (χ0v) is 26.3. The first-order chi connectivity index (χ1) is 20.8. The number of pyridine rings is 1. The van der Waals surface area contributed by atoms with E-state index in [1.54, 1.807) is 11.0 Å². The maximum Gasteiger partial charge on any atom is 0.410 e. The first kappa shape index (κ1) is 31.0. The molecule has 4 aromatic rings. The van der Waals surface area contributed by atoms with Gasteiger partial charge in [-0.05, 0) is 57.4 Å². The van der Waals surface area contributed by atoms with E-state index in [1.807, 2.05) is 70.7 Å². The Hall–Kier alpha value is -4.49. The molecule has 228 valence electrons. The molecule has 11 heteroatoms. The molecule has 3 heterocycles. The Labute approximate surface area is 260 Å². The summed E-state index contributed by atoms with van der Waals surface area (Å²) in [6, 6.07) is 13.1. The third kappa shape index (κ3) is 5.84. The first-order valence-electron chi connectivity index (χ1n) is 14.4. The molecule has 44 heavy (non-hydrogen) atoms. The van der Waals surface area contributed by atoms with Crippen LogP contribution in [0.25, 0.3) is 32.8 Å². The lowest BCUT2D eigenvalue weighted by molar-refractivity contribution is 0.0218. The van der Waals surface area contributed by atoms with Gasteiger partial charge in [0.1, 0.15) is 17.2 Å². The summed E-state index contributed by atoms with van der Waals surface area (Å²) < 4.78 is 22.2. The monoisotopic (exact) mass is 616 g/mol. The lowest BCUT2D eigenvalue weighted by atomic mass is 10.0. The van der Waals surface area contributed by atoms with Crippen molar-refractivity contribution in [2.24, 2.45) is 0 Å². The van der Waals surface area contributed by atoms with E-state index in [-0.39, 0.29) is 39.6 Å². The molecule has 1 aliphatic rings.